The van der Waals surface area contributed by atoms with Gasteiger partial charge in [-0.15, -0.1) is 0 Å². The molecule has 7 heteroatoms. The van der Waals surface area contributed by atoms with E-state index in [-0.39, 0.29) is 5.91 Å². The minimum Gasteiger partial charge on any atom is -0.353 e. The number of amides is 1. The van der Waals surface area contributed by atoms with Crippen LogP contribution in [0, 0.1) is 0 Å². The van der Waals surface area contributed by atoms with Crippen molar-refractivity contribution in [1.29, 1.82) is 0 Å². The second kappa shape index (κ2) is 7.14. The lowest BCUT2D eigenvalue weighted by atomic mass is 10.1. The van der Waals surface area contributed by atoms with Gasteiger partial charge in [-0.2, -0.15) is 0 Å². The van der Waals surface area contributed by atoms with Gasteiger partial charge in [0.15, 0.2) is 0 Å². The number of rotatable bonds is 3. The second-order valence-corrected chi connectivity index (χ2v) is 6.51. The third-order valence-corrected chi connectivity index (χ3v) is 4.92. The highest BCUT2D eigenvalue weighted by Gasteiger charge is 2.25. The predicted molar refractivity (Wildman–Crippen MR) is 94.0 cm³/mol. The fourth-order valence-corrected chi connectivity index (χ4v) is 3.46. The van der Waals surface area contributed by atoms with E-state index in [1.54, 1.807) is 6.33 Å². The zero-order valence-corrected chi connectivity index (χ0v) is 14.2. The van der Waals surface area contributed by atoms with Gasteiger partial charge >= 0.3 is 0 Å². The maximum atomic E-state index is 12.6. The average Bonchev–Trinajstić information content (AvgIpc) is 2.69. The monoisotopic (exact) mass is 338 g/mol. The van der Waals surface area contributed by atoms with Crippen molar-refractivity contribution in [1.82, 2.24) is 24.8 Å². The minimum atomic E-state index is 0.207. The topological polar surface area (TPSA) is 65.5 Å². The fourth-order valence-electron chi connectivity index (χ4n) is 3.46. The van der Waals surface area contributed by atoms with Crippen LogP contribution in [0.2, 0.25) is 0 Å². The van der Waals surface area contributed by atoms with Gasteiger partial charge < -0.3 is 9.80 Å². The highest BCUT2D eigenvalue weighted by molar-refractivity contribution is 5.78. The summed E-state index contributed by atoms with van der Waals surface area (Å²) in [5.41, 5.74) is 2.25. The molecular weight excluding hydrogens is 316 g/mol. The summed E-state index contributed by atoms with van der Waals surface area (Å²) in [6, 6.07) is 5.94. The molecule has 130 valence electrons. The first-order valence-corrected chi connectivity index (χ1v) is 8.73. The summed E-state index contributed by atoms with van der Waals surface area (Å²) in [6.45, 7) is 5.26. The molecule has 0 spiro atoms. The lowest BCUT2D eigenvalue weighted by molar-refractivity contribution is -0.133. The molecule has 1 saturated heterocycles. The van der Waals surface area contributed by atoms with Crippen LogP contribution in [0.25, 0.3) is 0 Å². The Morgan fingerprint density at radius 2 is 1.96 bits per heavy atom. The van der Waals surface area contributed by atoms with Crippen LogP contribution in [0.1, 0.15) is 11.3 Å². The number of carbonyl (C=O) groups is 1. The van der Waals surface area contributed by atoms with Gasteiger partial charge in [-0.05, 0) is 24.1 Å². The van der Waals surface area contributed by atoms with Crippen molar-refractivity contribution in [2.75, 3.05) is 44.2 Å². The molecule has 0 radical (unpaired) electrons. The summed E-state index contributed by atoms with van der Waals surface area (Å²) in [4.78, 5) is 31.8. The Morgan fingerprint density at radius 3 is 2.76 bits per heavy atom. The first-order chi connectivity index (χ1) is 12.3. The number of piperazine rings is 1. The first kappa shape index (κ1) is 16.0. The Morgan fingerprint density at radius 1 is 1.08 bits per heavy atom. The molecule has 0 aromatic carbocycles. The Hall–Kier alpha value is -2.54. The van der Waals surface area contributed by atoms with Gasteiger partial charge in [-0.1, -0.05) is 6.07 Å². The van der Waals surface area contributed by atoms with Gasteiger partial charge in [0.1, 0.15) is 12.1 Å². The van der Waals surface area contributed by atoms with E-state index >= 15 is 0 Å². The van der Waals surface area contributed by atoms with E-state index in [4.69, 9.17) is 0 Å². The first-order valence-electron chi connectivity index (χ1n) is 8.73. The van der Waals surface area contributed by atoms with E-state index in [1.807, 2.05) is 35.5 Å². The third-order valence-electron chi connectivity index (χ3n) is 4.92. The van der Waals surface area contributed by atoms with Crippen LogP contribution in [0.4, 0.5) is 5.82 Å². The summed E-state index contributed by atoms with van der Waals surface area (Å²) in [7, 11) is 0. The molecule has 2 aromatic heterocycles. The molecule has 1 fully saturated rings. The molecule has 0 N–H and O–H groups in total. The van der Waals surface area contributed by atoms with Crippen molar-refractivity contribution in [2.24, 2.45) is 0 Å². The number of carbonyl (C=O) groups excluding carboxylic acids is 1. The predicted octanol–water partition coefficient (Wildman–Crippen LogP) is 0.578. The van der Waals surface area contributed by atoms with Crippen molar-refractivity contribution >= 4 is 11.7 Å². The van der Waals surface area contributed by atoms with Crippen LogP contribution >= 0.6 is 0 Å². The van der Waals surface area contributed by atoms with Gasteiger partial charge in [-0.25, -0.2) is 15.0 Å². The summed E-state index contributed by atoms with van der Waals surface area (Å²) in [6.07, 6.45) is 6.20. The summed E-state index contributed by atoms with van der Waals surface area (Å²) < 4.78 is 0. The Labute approximate surface area is 147 Å². The largest absolute Gasteiger partial charge is 0.353 e. The van der Waals surface area contributed by atoms with Crippen molar-refractivity contribution in [3.05, 3.63) is 48.2 Å². The zero-order chi connectivity index (χ0) is 17.1. The Kier molecular flexibility index (Phi) is 4.56. The van der Waals surface area contributed by atoms with Crippen molar-refractivity contribution in [3.8, 4) is 0 Å². The van der Waals surface area contributed by atoms with Crippen LogP contribution in [-0.4, -0.2) is 69.9 Å². The average molecular weight is 338 g/mol. The molecule has 1 amide bonds. The lowest BCUT2D eigenvalue weighted by Gasteiger charge is -2.36. The number of hydrogen-bond donors (Lipinski definition) is 0. The van der Waals surface area contributed by atoms with Crippen LogP contribution in [0.3, 0.4) is 0 Å². The molecule has 0 unspecified atom stereocenters. The maximum Gasteiger partial charge on any atom is 0.236 e. The molecule has 0 aliphatic carbocycles. The van der Waals surface area contributed by atoms with E-state index < -0.39 is 0 Å². The smallest absolute Gasteiger partial charge is 0.236 e. The van der Waals surface area contributed by atoms with Crippen LogP contribution in [0.5, 0.6) is 0 Å². The molecule has 2 aliphatic rings. The summed E-state index contributed by atoms with van der Waals surface area (Å²) >= 11 is 0. The quantitative estimate of drug-likeness (QED) is 0.816. The molecule has 25 heavy (non-hydrogen) atoms. The Bertz CT molecular complexity index is 729. The molecule has 2 aromatic rings. The molecule has 4 rings (SSSR count). The van der Waals surface area contributed by atoms with Crippen LogP contribution in [-0.2, 0) is 17.8 Å². The second-order valence-electron chi connectivity index (χ2n) is 6.51. The highest BCUT2D eigenvalue weighted by Crippen LogP contribution is 2.16. The number of pyridine rings is 1. The van der Waals surface area contributed by atoms with Gasteiger partial charge in [0.05, 0.1) is 12.2 Å². The highest BCUT2D eigenvalue weighted by atomic mass is 16.2. The Balaban J connectivity index is 1.30. The molecule has 0 saturated carbocycles. The number of nitrogens with zero attached hydrogens (tertiary/aromatic N) is 6. The van der Waals surface area contributed by atoms with Crippen molar-refractivity contribution < 1.29 is 4.79 Å². The van der Waals surface area contributed by atoms with E-state index in [1.165, 1.54) is 5.56 Å². The molecular formula is C18H22N6O. The van der Waals surface area contributed by atoms with E-state index in [9.17, 15) is 4.79 Å². The zero-order valence-electron chi connectivity index (χ0n) is 14.2. The maximum absolute atomic E-state index is 12.6. The molecule has 0 atom stereocenters. The normalized spacial score (nSPS) is 18.1. The van der Waals surface area contributed by atoms with Crippen LogP contribution < -0.4 is 4.90 Å². The number of fused-ring (bicyclic) bond motifs is 1. The third kappa shape index (κ3) is 3.61. The molecule has 7 nitrogen and oxygen atoms in total. The minimum absolute atomic E-state index is 0.207. The van der Waals surface area contributed by atoms with Crippen molar-refractivity contribution in [3.63, 3.8) is 0 Å². The SMILES string of the molecule is O=C(CN1CCc2cncnc2C1)N1CCN(c2ccccn2)CC1. The molecule has 4 heterocycles. The summed E-state index contributed by atoms with van der Waals surface area (Å²) in [5.74, 6) is 1.19. The fraction of sp³-hybridized carbons (Fsp3) is 0.444. The number of aromatic nitrogens is 3. The van der Waals surface area contributed by atoms with E-state index in [0.29, 0.717) is 6.54 Å². The van der Waals surface area contributed by atoms with Gasteiger partial charge in [0.2, 0.25) is 5.91 Å². The number of anilines is 1. The van der Waals surface area contributed by atoms with Gasteiger partial charge in [0.25, 0.3) is 0 Å². The van der Waals surface area contributed by atoms with Crippen molar-refractivity contribution in [2.45, 2.75) is 13.0 Å². The van der Waals surface area contributed by atoms with Crippen LogP contribution in [0.15, 0.2) is 36.9 Å². The van der Waals surface area contributed by atoms with E-state index in [0.717, 1.165) is 57.2 Å². The number of hydrogen-bond acceptors (Lipinski definition) is 6. The standard InChI is InChI=1S/C18H22N6O/c25-18(13-22-6-4-15-11-19-14-21-16(15)12-22)24-9-7-23(8-10-24)17-3-1-2-5-20-17/h1-3,5,11,14H,4,6-10,12-13H2. The van der Waals surface area contributed by atoms with Gasteiger partial charge in [-0.3, -0.25) is 9.69 Å². The lowest BCUT2D eigenvalue weighted by Crippen LogP contribution is -2.51. The summed E-state index contributed by atoms with van der Waals surface area (Å²) in [5, 5.41) is 0. The molecule has 2 aliphatic heterocycles. The van der Waals surface area contributed by atoms with Gasteiger partial charge in [0, 0.05) is 51.7 Å². The molecule has 0 bridgehead atoms. The van der Waals surface area contributed by atoms with E-state index in [2.05, 4.69) is 24.8 Å².